The number of rotatable bonds is 7. The molecule has 0 N–H and O–H groups in total. The van der Waals surface area contributed by atoms with Gasteiger partial charge >= 0.3 is 11.8 Å². The number of piperazine rings is 1. The summed E-state index contributed by atoms with van der Waals surface area (Å²) in [7, 11) is 1.58. The molecule has 164 valence electrons. The maximum Gasteiger partial charge on any atom is 0.312 e. The first-order chi connectivity index (χ1) is 15.5. The molecule has 8 heteroatoms. The SMILES string of the molecule is COc1ccc(-c2ccc(CN3CCN(C/C=C/c4ccc(Cl)s4)C(=O)C3=O)cc2)cn1. The van der Waals surface area contributed by atoms with Crippen molar-refractivity contribution in [3.05, 3.63) is 75.6 Å². The van der Waals surface area contributed by atoms with Crippen molar-refractivity contribution in [3.63, 3.8) is 0 Å². The number of hydrogen-bond acceptors (Lipinski definition) is 5. The van der Waals surface area contributed by atoms with Gasteiger partial charge < -0.3 is 14.5 Å². The largest absolute Gasteiger partial charge is 0.481 e. The summed E-state index contributed by atoms with van der Waals surface area (Å²) in [6, 6.07) is 15.4. The summed E-state index contributed by atoms with van der Waals surface area (Å²) in [6.07, 6.45) is 5.56. The minimum Gasteiger partial charge on any atom is -0.481 e. The van der Waals surface area contributed by atoms with Crippen molar-refractivity contribution < 1.29 is 14.3 Å². The van der Waals surface area contributed by atoms with E-state index in [2.05, 4.69) is 4.98 Å². The van der Waals surface area contributed by atoms with Crippen LogP contribution < -0.4 is 4.74 Å². The number of pyridine rings is 1. The number of halogens is 1. The number of hydrogen-bond donors (Lipinski definition) is 0. The molecule has 1 fully saturated rings. The minimum absolute atomic E-state index is 0.401. The van der Waals surface area contributed by atoms with Crippen molar-refractivity contribution in [2.75, 3.05) is 26.7 Å². The number of carbonyl (C=O) groups is 2. The van der Waals surface area contributed by atoms with Gasteiger partial charge in [-0.3, -0.25) is 9.59 Å². The van der Waals surface area contributed by atoms with Gasteiger partial charge in [-0.15, -0.1) is 11.3 Å². The molecule has 4 rings (SSSR count). The van der Waals surface area contributed by atoms with Crippen LogP contribution in [0.1, 0.15) is 10.4 Å². The zero-order valence-corrected chi connectivity index (χ0v) is 19.1. The summed E-state index contributed by atoms with van der Waals surface area (Å²) in [4.78, 5) is 33.5. The molecule has 6 nitrogen and oxygen atoms in total. The summed E-state index contributed by atoms with van der Waals surface area (Å²) < 4.78 is 5.81. The summed E-state index contributed by atoms with van der Waals surface area (Å²) in [6.45, 7) is 1.82. The number of nitrogens with zero attached hydrogens (tertiary/aromatic N) is 3. The van der Waals surface area contributed by atoms with Gasteiger partial charge in [0.05, 0.1) is 11.4 Å². The molecule has 2 amide bonds. The molecule has 1 saturated heterocycles. The molecule has 0 spiro atoms. The number of ether oxygens (including phenoxy) is 1. The molecule has 0 radical (unpaired) electrons. The van der Waals surface area contributed by atoms with Gasteiger partial charge in [0, 0.05) is 48.9 Å². The van der Waals surface area contributed by atoms with Crippen LogP contribution in [-0.4, -0.2) is 53.3 Å². The summed E-state index contributed by atoms with van der Waals surface area (Å²) >= 11 is 7.40. The first-order valence-electron chi connectivity index (χ1n) is 10.1. The second kappa shape index (κ2) is 9.97. The Labute approximate surface area is 195 Å². The summed E-state index contributed by atoms with van der Waals surface area (Å²) in [5.74, 6) is -0.364. The molecule has 0 saturated carbocycles. The Kier molecular flexibility index (Phi) is 6.87. The Morgan fingerprint density at radius 1 is 1.00 bits per heavy atom. The predicted molar refractivity (Wildman–Crippen MR) is 127 cm³/mol. The minimum atomic E-state index is -0.467. The fourth-order valence-corrected chi connectivity index (χ4v) is 4.44. The van der Waals surface area contributed by atoms with Gasteiger partial charge in [0.15, 0.2) is 0 Å². The zero-order chi connectivity index (χ0) is 22.5. The third-order valence-corrected chi connectivity index (χ3v) is 6.40. The van der Waals surface area contributed by atoms with E-state index in [0.29, 0.717) is 32.1 Å². The summed E-state index contributed by atoms with van der Waals surface area (Å²) in [5.41, 5.74) is 2.98. The molecule has 1 aromatic carbocycles. The number of benzene rings is 1. The van der Waals surface area contributed by atoms with Crippen LogP contribution in [0.25, 0.3) is 17.2 Å². The highest BCUT2D eigenvalue weighted by molar-refractivity contribution is 7.16. The van der Waals surface area contributed by atoms with Crippen molar-refractivity contribution in [3.8, 4) is 17.0 Å². The lowest BCUT2D eigenvalue weighted by Crippen LogP contribution is -2.53. The van der Waals surface area contributed by atoms with E-state index in [4.69, 9.17) is 16.3 Å². The van der Waals surface area contributed by atoms with Crippen molar-refractivity contribution in [2.24, 2.45) is 0 Å². The van der Waals surface area contributed by atoms with E-state index in [-0.39, 0.29) is 0 Å². The maximum atomic E-state index is 12.6. The number of amides is 2. The van der Waals surface area contributed by atoms with Gasteiger partial charge in [0.2, 0.25) is 5.88 Å². The lowest BCUT2D eigenvalue weighted by Gasteiger charge is -2.33. The highest BCUT2D eigenvalue weighted by Crippen LogP contribution is 2.23. The van der Waals surface area contributed by atoms with Crippen LogP contribution in [0, 0.1) is 0 Å². The summed E-state index contributed by atoms with van der Waals surface area (Å²) in [5, 5.41) is 0. The molecule has 1 aliphatic heterocycles. The van der Waals surface area contributed by atoms with Crippen molar-refractivity contribution in [1.82, 2.24) is 14.8 Å². The number of thiophene rings is 1. The molecule has 0 atom stereocenters. The Morgan fingerprint density at radius 3 is 2.38 bits per heavy atom. The highest BCUT2D eigenvalue weighted by Gasteiger charge is 2.31. The lowest BCUT2D eigenvalue weighted by atomic mass is 10.1. The second-order valence-electron chi connectivity index (χ2n) is 7.31. The molecule has 3 aromatic rings. The number of carbonyl (C=O) groups excluding carboxylic acids is 2. The molecule has 3 heterocycles. The standard InChI is InChI=1S/C24H22ClN3O3S/c1-31-22-11-8-19(15-26-22)18-6-4-17(5-7-18)16-28-14-13-27(23(29)24(28)30)12-2-3-20-9-10-21(25)32-20/h2-11,15H,12-14,16H2,1H3/b3-2+. The fraction of sp³-hybridized carbons (Fsp3) is 0.208. The monoisotopic (exact) mass is 467 g/mol. The quantitative estimate of drug-likeness (QED) is 0.484. The van der Waals surface area contributed by atoms with Crippen molar-refractivity contribution in [1.29, 1.82) is 0 Å². The van der Waals surface area contributed by atoms with E-state index in [1.807, 2.05) is 60.7 Å². The first kappa shape index (κ1) is 22.0. The molecule has 0 bridgehead atoms. The van der Waals surface area contributed by atoms with Crippen molar-refractivity contribution >= 4 is 40.8 Å². The smallest absolute Gasteiger partial charge is 0.312 e. The van der Waals surface area contributed by atoms with Crippen LogP contribution in [0.15, 0.2) is 60.8 Å². The van der Waals surface area contributed by atoms with E-state index in [9.17, 15) is 9.59 Å². The Hall–Kier alpha value is -3.16. The van der Waals surface area contributed by atoms with Gasteiger partial charge in [0.1, 0.15) is 0 Å². The Balaban J connectivity index is 1.33. The van der Waals surface area contributed by atoms with Gasteiger partial charge in [-0.25, -0.2) is 4.98 Å². The van der Waals surface area contributed by atoms with Crippen molar-refractivity contribution in [2.45, 2.75) is 6.54 Å². The predicted octanol–water partition coefficient (Wildman–Crippen LogP) is 4.36. The van der Waals surface area contributed by atoms with Gasteiger partial charge in [-0.2, -0.15) is 0 Å². The average Bonchev–Trinajstić information content (AvgIpc) is 3.24. The zero-order valence-electron chi connectivity index (χ0n) is 17.5. The molecule has 0 aliphatic carbocycles. The molecule has 0 unspecified atom stereocenters. The van der Waals surface area contributed by atoms with Crippen LogP contribution >= 0.6 is 22.9 Å². The number of methoxy groups -OCH3 is 1. The van der Waals surface area contributed by atoms with Crippen LogP contribution in [0.2, 0.25) is 4.34 Å². The van der Waals surface area contributed by atoms with Gasteiger partial charge in [-0.05, 0) is 35.4 Å². The van der Waals surface area contributed by atoms with Gasteiger partial charge in [0.25, 0.3) is 0 Å². The lowest BCUT2D eigenvalue weighted by molar-refractivity contribution is -0.156. The number of aromatic nitrogens is 1. The average molecular weight is 468 g/mol. The fourth-order valence-electron chi connectivity index (χ4n) is 3.45. The van der Waals surface area contributed by atoms with Crippen LogP contribution in [0.4, 0.5) is 0 Å². The van der Waals surface area contributed by atoms with E-state index >= 15 is 0 Å². The molecule has 1 aliphatic rings. The van der Waals surface area contributed by atoms with Crippen LogP contribution in [0.5, 0.6) is 5.88 Å². The normalized spacial score (nSPS) is 14.4. The van der Waals surface area contributed by atoms with E-state index in [1.165, 1.54) is 11.3 Å². The van der Waals surface area contributed by atoms with E-state index < -0.39 is 11.8 Å². The van der Waals surface area contributed by atoms with Gasteiger partial charge in [-0.1, -0.05) is 41.9 Å². The first-order valence-corrected chi connectivity index (χ1v) is 11.3. The molecule has 2 aromatic heterocycles. The third kappa shape index (κ3) is 5.18. The second-order valence-corrected chi connectivity index (χ2v) is 9.05. The third-order valence-electron chi connectivity index (χ3n) is 5.21. The molecular formula is C24H22ClN3O3S. The molecule has 32 heavy (non-hydrogen) atoms. The van der Waals surface area contributed by atoms with Crippen LogP contribution in [0.3, 0.4) is 0 Å². The van der Waals surface area contributed by atoms with E-state index in [0.717, 1.165) is 25.9 Å². The molecular weight excluding hydrogens is 446 g/mol. The maximum absolute atomic E-state index is 12.6. The Bertz CT molecular complexity index is 1130. The van der Waals surface area contributed by atoms with Crippen LogP contribution in [-0.2, 0) is 16.1 Å². The highest BCUT2D eigenvalue weighted by atomic mass is 35.5. The Morgan fingerprint density at radius 2 is 1.72 bits per heavy atom. The van der Waals surface area contributed by atoms with E-state index in [1.54, 1.807) is 23.1 Å². The topological polar surface area (TPSA) is 62.7 Å².